The van der Waals surface area contributed by atoms with Crippen LogP contribution in [0.3, 0.4) is 0 Å². The lowest BCUT2D eigenvalue weighted by Gasteiger charge is -2.00. The molecule has 0 aromatic carbocycles. The number of rotatable bonds is 2. The summed E-state index contributed by atoms with van der Waals surface area (Å²) in [6.45, 7) is 0. The highest BCUT2D eigenvalue weighted by atomic mass is 79.9. The summed E-state index contributed by atoms with van der Waals surface area (Å²) in [7, 11) is 0. The predicted molar refractivity (Wildman–Crippen MR) is 53.8 cm³/mol. The van der Waals surface area contributed by atoms with Crippen molar-refractivity contribution in [3.8, 4) is 5.82 Å². The van der Waals surface area contributed by atoms with E-state index in [1.807, 2.05) is 0 Å². The molecule has 0 bridgehead atoms. The summed E-state index contributed by atoms with van der Waals surface area (Å²) in [6.07, 6.45) is 2.89. The molecule has 0 saturated heterocycles. The summed E-state index contributed by atoms with van der Waals surface area (Å²) in [4.78, 5) is 18.2. The van der Waals surface area contributed by atoms with Gasteiger partial charge in [0, 0.05) is 6.20 Å². The van der Waals surface area contributed by atoms with E-state index in [4.69, 9.17) is 5.11 Å². The minimum atomic E-state index is -1.17. The van der Waals surface area contributed by atoms with Crippen molar-refractivity contribution in [2.75, 3.05) is 0 Å². The van der Waals surface area contributed by atoms with Crippen LogP contribution in [0.4, 0.5) is 0 Å². The van der Waals surface area contributed by atoms with Gasteiger partial charge in [-0.2, -0.15) is 0 Å². The Balaban J connectivity index is 2.46. The molecular weight excluding hydrogens is 264 g/mol. The summed E-state index contributed by atoms with van der Waals surface area (Å²) in [6, 6.07) is 3.53. The van der Waals surface area contributed by atoms with Crippen molar-refractivity contribution in [2.45, 2.75) is 0 Å². The first-order valence-electron chi connectivity index (χ1n) is 3.94. The summed E-state index contributed by atoms with van der Waals surface area (Å²) in [5, 5.41) is 12.4. The smallest absolute Gasteiger partial charge is 0.375 e. The fourth-order valence-electron chi connectivity index (χ4n) is 1.01. The van der Waals surface area contributed by atoms with Crippen LogP contribution in [-0.2, 0) is 0 Å². The number of hydrogen-bond acceptors (Lipinski definition) is 4. The van der Waals surface area contributed by atoms with Gasteiger partial charge in [-0.3, -0.25) is 0 Å². The van der Waals surface area contributed by atoms with Crippen LogP contribution in [0.25, 0.3) is 5.82 Å². The Kier molecular flexibility index (Phi) is 2.46. The van der Waals surface area contributed by atoms with Gasteiger partial charge in [0.05, 0.1) is 4.47 Å². The normalized spacial score (nSPS) is 10.2. The molecule has 6 nitrogen and oxygen atoms in total. The third-order valence-electron chi connectivity index (χ3n) is 1.64. The Bertz CT molecular complexity index is 511. The van der Waals surface area contributed by atoms with Crippen LogP contribution in [0.5, 0.6) is 0 Å². The molecule has 7 heteroatoms. The van der Waals surface area contributed by atoms with Gasteiger partial charge in [0.1, 0.15) is 6.33 Å². The monoisotopic (exact) mass is 268 g/mol. The molecule has 2 rings (SSSR count). The molecule has 0 saturated carbocycles. The van der Waals surface area contributed by atoms with Gasteiger partial charge in [0.15, 0.2) is 5.82 Å². The van der Waals surface area contributed by atoms with E-state index < -0.39 is 5.97 Å². The lowest BCUT2D eigenvalue weighted by molar-refractivity contribution is 0.0683. The average molecular weight is 269 g/mol. The Morgan fingerprint density at radius 2 is 2.27 bits per heavy atom. The topological polar surface area (TPSA) is 80.9 Å². The standard InChI is InChI=1S/C8H5BrN4O2/c9-5-2-1-3-10-7(5)13-4-11-6(12-13)8(14)15/h1-4H,(H,14,15). The quantitative estimate of drug-likeness (QED) is 0.883. The number of pyridine rings is 1. The van der Waals surface area contributed by atoms with Crippen molar-refractivity contribution >= 4 is 21.9 Å². The van der Waals surface area contributed by atoms with Crippen LogP contribution in [0, 0.1) is 0 Å². The van der Waals surface area contributed by atoms with Gasteiger partial charge in [-0.25, -0.2) is 19.4 Å². The molecule has 0 fully saturated rings. The van der Waals surface area contributed by atoms with Gasteiger partial charge in [0.25, 0.3) is 5.82 Å². The number of hydrogen-bond donors (Lipinski definition) is 1. The van der Waals surface area contributed by atoms with Gasteiger partial charge < -0.3 is 5.11 Å². The van der Waals surface area contributed by atoms with Crippen LogP contribution in [0.2, 0.25) is 0 Å². The fraction of sp³-hybridized carbons (Fsp3) is 0. The van der Waals surface area contributed by atoms with E-state index in [9.17, 15) is 4.79 Å². The molecule has 1 N–H and O–H groups in total. The lowest BCUT2D eigenvalue weighted by Crippen LogP contribution is -2.03. The summed E-state index contributed by atoms with van der Waals surface area (Å²) >= 11 is 3.28. The lowest BCUT2D eigenvalue weighted by atomic mass is 10.5. The molecule has 76 valence electrons. The third kappa shape index (κ3) is 1.86. The number of carbonyl (C=O) groups is 1. The first-order chi connectivity index (χ1) is 7.18. The molecule has 2 heterocycles. The highest BCUT2D eigenvalue weighted by Gasteiger charge is 2.11. The van der Waals surface area contributed by atoms with Gasteiger partial charge in [-0.1, -0.05) is 0 Å². The Morgan fingerprint density at radius 1 is 1.47 bits per heavy atom. The molecule has 0 radical (unpaired) electrons. The predicted octanol–water partition coefficient (Wildman–Crippen LogP) is 1.12. The molecule has 0 aliphatic rings. The second-order valence-corrected chi connectivity index (χ2v) is 3.48. The molecule has 2 aromatic heterocycles. The summed E-state index contributed by atoms with van der Waals surface area (Å²) in [5.41, 5.74) is 0. The zero-order valence-corrected chi connectivity index (χ0v) is 8.92. The van der Waals surface area contributed by atoms with Crippen LogP contribution >= 0.6 is 15.9 Å². The highest BCUT2D eigenvalue weighted by molar-refractivity contribution is 9.10. The van der Waals surface area contributed by atoms with E-state index in [2.05, 4.69) is 31.0 Å². The Labute approximate surface area is 92.7 Å². The van der Waals surface area contributed by atoms with Gasteiger partial charge in [0.2, 0.25) is 0 Å². The molecular formula is C8H5BrN4O2. The zero-order valence-electron chi connectivity index (χ0n) is 7.33. The van der Waals surface area contributed by atoms with Crippen molar-refractivity contribution in [2.24, 2.45) is 0 Å². The number of carboxylic acid groups (broad SMARTS) is 1. The van der Waals surface area contributed by atoms with Crippen LogP contribution in [0.15, 0.2) is 29.1 Å². The van der Waals surface area contributed by atoms with Gasteiger partial charge >= 0.3 is 5.97 Å². The van der Waals surface area contributed by atoms with Crippen molar-refractivity contribution in [1.82, 2.24) is 19.7 Å². The molecule has 0 unspecified atom stereocenters. The van der Waals surface area contributed by atoms with E-state index >= 15 is 0 Å². The van der Waals surface area contributed by atoms with Crippen molar-refractivity contribution < 1.29 is 9.90 Å². The Morgan fingerprint density at radius 3 is 2.87 bits per heavy atom. The largest absolute Gasteiger partial charge is 0.475 e. The number of aromatic carboxylic acids is 1. The van der Waals surface area contributed by atoms with E-state index in [0.29, 0.717) is 10.3 Å². The van der Waals surface area contributed by atoms with E-state index in [1.165, 1.54) is 11.0 Å². The highest BCUT2D eigenvalue weighted by Crippen LogP contribution is 2.16. The van der Waals surface area contributed by atoms with Crippen LogP contribution in [0.1, 0.15) is 10.6 Å². The molecule has 2 aromatic rings. The SMILES string of the molecule is O=C(O)c1ncn(-c2ncccc2Br)n1. The van der Waals surface area contributed by atoms with Crippen molar-refractivity contribution in [3.63, 3.8) is 0 Å². The number of aromatic nitrogens is 4. The van der Waals surface area contributed by atoms with Gasteiger partial charge in [-0.05, 0) is 28.1 Å². The molecule has 0 amide bonds. The fourth-order valence-corrected chi connectivity index (χ4v) is 1.45. The number of carboxylic acids is 1. The number of nitrogens with zero attached hydrogens (tertiary/aromatic N) is 4. The van der Waals surface area contributed by atoms with E-state index in [0.717, 1.165) is 0 Å². The maximum Gasteiger partial charge on any atom is 0.375 e. The van der Waals surface area contributed by atoms with Gasteiger partial charge in [-0.15, -0.1) is 5.10 Å². The summed E-state index contributed by atoms with van der Waals surface area (Å²) < 4.78 is 2.01. The molecule has 0 spiro atoms. The average Bonchev–Trinajstić information content (AvgIpc) is 2.67. The number of halogens is 1. The summed E-state index contributed by atoms with van der Waals surface area (Å²) in [5.74, 6) is -0.925. The first-order valence-corrected chi connectivity index (χ1v) is 4.73. The van der Waals surface area contributed by atoms with Crippen LogP contribution < -0.4 is 0 Å². The van der Waals surface area contributed by atoms with Crippen molar-refractivity contribution in [1.29, 1.82) is 0 Å². The molecule has 0 aliphatic heterocycles. The van der Waals surface area contributed by atoms with E-state index in [-0.39, 0.29) is 5.82 Å². The molecule has 0 atom stereocenters. The van der Waals surface area contributed by atoms with Crippen molar-refractivity contribution in [3.05, 3.63) is 35.0 Å². The van der Waals surface area contributed by atoms with Crippen LogP contribution in [-0.4, -0.2) is 30.8 Å². The maximum absolute atomic E-state index is 10.6. The van der Waals surface area contributed by atoms with E-state index in [1.54, 1.807) is 18.3 Å². The second-order valence-electron chi connectivity index (χ2n) is 2.63. The Hall–Kier alpha value is -1.76. The maximum atomic E-state index is 10.6. The second kappa shape index (κ2) is 3.77. The first kappa shape index (κ1) is 9.78. The molecule has 0 aliphatic carbocycles. The molecule has 15 heavy (non-hydrogen) atoms. The zero-order chi connectivity index (χ0) is 10.8. The third-order valence-corrected chi connectivity index (χ3v) is 2.26. The minimum absolute atomic E-state index is 0.257. The minimum Gasteiger partial charge on any atom is -0.475 e.